The monoisotopic (exact) mass is 205 g/mol. The van der Waals surface area contributed by atoms with Gasteiger partial charge in [0.25, 0.3) is 0 Å². The number of benzene rings is 1. The number of nitrogens with two attached hydrogens (primary N) is 1. The fraction of sp³-hybridized carbons (Fsp3) is 0.182. The van der Waals surface area contributed by atoms with Crippen LogP contribution in [-0.4, -0.2) is 16.1 Å². The molecule has 0 bridgehead atoms. The van der Waals surface area contributed by atoms with Crippen molar-refractivity contribution in [2.75, 3.05) is 0 Å². The van der Waals surface area contributed by atoms with Crippen molar-refractivity contribution in [1.29, 1.82) is 5.41 Å². The predicted molar refractivity (Wildman–Crippen MR) is 59.4 cm³/mol. The van der Waals surface area contributed by atoms with Gasteiger partial charge in [-0.3, -0.25) is 10.6 Å². The van der Waals surface area contributed by atoms with E-state index in [9.17, 15) is 5.21 Å². The van der Waals surface area contributed by atoms with Gasteiger partial charge in [-0.1, -0.05) is 30.3 Å². The molecule has 0 aliphatic carbocycles. The van der Waals surface area contributed by atoms with Crippen LogP contribution < -0.4 is 5.73 Å². The zero-order valence-corrected chi connectivity index (χ0v) is 8.64. The maximum Gasteiger partial charge on any atom is 0.149 e. The van der Waals surface area contributed by atoms with Crippen LogP contribution in [0.15, 0.2) is 42.1 Å². The van der Waals surface area contributed by atoms with Gasteiger partial charge < -0.3 is 5.73 Å². The lowest BCUT2D eigenvalue weighted by atomic mass is 10.2. The SMILES string of the molecule is CC(=CN)C(=N)N(O)Cc1ccccc1. The topological polar surface area (TPSA) is 73.3 Å². The zero-order valence-electron chi connectivity index (χ0n) is 8.64. The predicted octanol–water partition coefficient (Wildman–Crippen LogP) is 1.72. The lowest BCUT2D eigenvalue weighted by Gasteiger charge is -2.17. The molecule has 15 heavy (non-hydrogen) atoms. The van der Waals surface area contributed by atoms with Crippen LogP contribution in [0, 0.1) is 5.41 Å². The molecule has 0 unspecified atom stereocenters. The number of amidine groups is 1. The highest BCUT2D eigenvalue weighted by Crippen LogP contribution is 2.05. The number of nitrogens with one attached hydrogen (secondary N) is 1. The molecule has 0 atom stereocenters. The molecule has 4 heteroatoms. The van der Waals surface area contributed by atoms with E-state index in [0.29, 0.717) is 5.57 Å². The summed E-state index contributed by atoms with van der Waals surface area (Å²) in [6.07, 6.45) is 1.30. The Labute approximate surface area is 89.1 Å². The summed E-state index contributed by atoms with van der Waals surface area (Å²) in [5.41, 5.74) is 6.74. The minimum Gasteiger partial charge on any atom is -0.404 e. The number of rotatable bonds is 3. The molecule has 0 spiro atoms. The first-order valence-corrected chi connectivity index (χ1v) is 4.63. The fourth-order valence-corrected chi connectivity index (χ4v) is 1.12. The van der Waals surface area contributed by atoms with Gasteiger partial charge in [0.05, 0.1) is 6.54 Å². The molecule has 80 valence electrons. The normalized spacial score (nSPS) is 11.2. The first kappa shape index (κ1) is 11.3. The molecular formula is C11H15N3O. The smallest absolute Gasteiger partial charge is 0.149 e. The van der Waals surface area contributed by atoms with Gasteiger partial charge in [0.2, 0.25) is 0 Å². The number of hydrogen-bond donors (Lipinski definition) is 3. The van der Waals surface area contributed by atoms with Crippen molar-refractivity contribution in [1.82, 2.24) is 5.06 Å². The van der Waals surface area contributed by atoms with Crippen LogP contribution in [0.25, 0.3) is 0 Å². The van der Waals surface area contributed by atoms with Gasteiger partial charge >= 0.3 is 0 Å². The van der Waals surface area contributed by atoms with Crippen molar-refractivity contribution in [3.05, 3.63) is 47.7 Å². The summed E-state index contributed by atoms with van der Waals surface area (Å²) >= 11 is 0. The van der Waals surface area contributed by atoms with E-state index in [0.717, 1.165) is 10.6 Å². The second-order valence-electron chi connectivity index (χ2n) is 3.24. The van der Waals surface area contributed by atoms with Crippen molar-refractivity contribution in [3.63, 3.8) is 0 Å². The summed E-state index contributed by atoms with van der Waals surface area (Å²) < 4.78 is 0. The van der Waals surface area contributed by atoms with E-state index in [2.05, 4.69) is 0 Å². The van der Waals surface area contributed by atoms with Crippen molar-refractivity contribution in [3.8, 4) is 0 Å². The summed E-state index contributed by atoms with van der Waals surface area (Å²) in [6, 6.07) is 9.45. The third kappa shape index (κ3) is 3.11. The molecule has 0 saturated heterocycles. The van der Waals surface area contributed by atoms with Gasteiger partial charge in [0.1, 0.15) is 5.84 Å². The van der Waals surface area contributed by atoms with Gasteiger partial charge in [-0.05, 0) is 12.5 Å². The summed E-state index contributed by atoms with van der Waals surface area (Å²) in [4.78, 5) is 0. The number of hydroxylamine groups is 2. The molecule has 4 N–H and O–H groups in total. The first-order chi connectivity index (χ1) is 7.15. The molecule has 0 heterocycles. The molecule has 0 radical (unpaired) electrons. The summed E-state index contributed by atoms with van der Waals surface area (Å²) in [5, 5.41) is 18.0. The average molecular weight is 205 g/mol. The average Bonchev–Trinajstić information content (AvgIpc) is 2.28. The highest BCUT2D eigenvalue weighted by Gasteiger charge is 2.08. The van der Waals surface area contributed by atoms with E-state index in [1.807, 2.05) is 30.3 Å². The van der Waals surface area contributed by atoms with Gasteiger partial charge in [-0.15, -0.1) is 0 Å². The Morgan fingerprint density at radius 1 is 1.47 bits per heavy atom. The first-order valence-electron chi connectivity index (χ1n) is 4.63. The Kier molecular flexibility index (Phi) is 3.88. The van der Waals surface area contributed by atoms with E-state index in [1.54, 1.807) is 6.92 Å². The standard InChI is InChI=1S/C11H15N3O/c1-9(7-12)11(13)14(15)8-10-5-3-2-4-6-10/h2-7,13,15H,8,12H2,1H3. The fourth-order valence-electron chi connectivity index (χ4n) is 1.12. The van der Waals surface area contributed by atoms with Gasteiger partial charge in [0.15, 0.2) is 0 Å². The summed E-state index contributed by atoms with van der Waals surface area (Å²) in [7, 11) is 0. The van der Waals surface area contributed by atoms with Gasteiger partial charge in [0, 0.05) is 11.8 Å². The second kappa shape index (κ2) is 5.17. The Morgan fingerprint density at radius 3 is 2.60 bits per heavy atom. The lowest BCUT2D eigenvalue weighted by molar-refractivity contribution is -0.0232. The summed E-state index contributed by atoms with van der Waals surface area (Å²) in [5.74, 6) is 0.0151. The van der Waals surface area contributed by atoms with E-state index in [4.69, 9.17) is 11.1 Å². The van der Waals surface area contributed by atoms with Crippen LogP contribution in [0.3, 0.4) is 0 Å². The Hall–Kier alpha value is -1.81. The minimum atomic E-state index is 0.0151. The highest BCUT2D eigenvalue weighted by molar-refractivity contribution is 5.94. The Balaban J connectivity index is 2.64. The second-order valence-corrected chi connectivity index (χ2v) is 3.24. The molecule has 0 amide bonds. The third-order valence-electron chi connectivity index (χ3n) is 2.06. The van der Waals surface area contributed by atoms with Crippen molar-refractivity contribution in [2.24, 2.45) is 5.73 Å². The lowest BCUT2D eigenvalue weighted by Crippen LogP contribution is -2.27. The molecule has 1 rings (SSSR count). The number of hydrogen-bond acceptors (Lipinski definition) is 3. The van der Waals surface area contributed by atoms with Crippen LogP contribution in [0.5, 0.6) is 0 Å². The molecule has 1 aromatic rings. The maximum absolute atomic E-state index is 9.59. The molecule has 1 aromatic carbocycles. The van der Waals surface area contributed by atoms with E-state index >= 15 is 0 Å². The molecule has 0 aromatic heterocycles. The largest absolute Gasteiger partial charge is 0.404 e. The molecule has 0 fully saturated rings. The van der Waals surface area contributed by atoms with E-state index < -0.39 is 0 Å². The van der Waals surface area contributed by atoms with E-state index in [-0.39, 0.29) is 12.4 Å². The Bertz CT molecular complexity index is 359. The van der Waals surface area contributed by atoms with Crippen LogP contribution in [0.2, 0.25) is 0 Å². The maximum atomic E-state index is 9.59. The Morgan fingerprint density at radius 2 is 2.07 bits per heavy atom. The van der Waals surface area contributed by atoms with Crippen LogP contribution in [-0.2, 0) is 6.54 Å². The molecule has 0 aliphatic heterocycles. The molecular weight excluding hydrogens is 190 g/mol. The van der Waals surface area contributed by atoms with E-state index in [1.165, 1.54) is 6.20 Å². The molecule has 0 saturated carbocycles. The highest BCUT2D eigenvalue weighted by atomic mass is 16.5. The van der Waals surface area contributed by atoms with Crippen LogP contribution in [0.4, 0.5) is 0 Å². The molecule has 4 nitrogen and oxygen atoms in total. The summed E-state index contributed by atoms with van der Waals surface area (Å²) in [6.45, 7) is 1.96. The zero-order chi connectivity index (χ0) is 11.3. The van der Waals surface area contributed by atoms with Crippen molar-refractivity contribution < 1.29 is 5.21 Å². The minimum absolute atomic E-state index is 0.0151. The van der Waals surface area contributed by atoms with Crippen LogP contribution in [0.1, 0.15) is 12.5 Å². The third-order valence-corrected chi connectivity index (χ3v) is 2.06. The number of nitrogens with zero attached hydrogens (tertiary/aromatic N) is 1. The quantitative estimate of drug-likeness (QED) is 0.399. The van der Waals surface area contributed by atoms with Gasteiger partial charge in [-0.2, -0.15) is 0 Å². The van der Waals surface area contributed by atoms with Crippen LogP contribution >= 0.6 is 0 Å². The van der Waals surface area contributed by atoms with Gasteiger partial charge in [-0.25, -0.2) is 5.06 Å². The van der Waals surface area contributed by atoms with Crippen molar-refractivity contribution >= 4 is 5.84 Å². The molecule has 0 aliphatic rings. The van der Waals surface area contributed by atoms with Crippen molar-refractivity contribution in [2.45, 2.75) is 13.5 Å².